The van der Waals surface area contributed by atoms with Gasteiger partial charge in [0.15, 0.2) is 0 Å². The van der Waals surface area contributed by atoms with Gasteiger partial charge in [-0.15, -0.1) is 0 Å². The number of nitrogens with zero attached hydrogens (tertiary/aromatic N) is 3. The Balaban J connectivity index is 1.54. The number of amides is 1. The molecule has 1 aliphatic heterocycles. The van der Waals surface area contributed by atoms with Gasteiger partial charge in [0, 0.05) is 62.7 Å². The first-order chi connectivity index (χ1) is 14.4. The van der Waals surface area contributed by atoms with Gasteiger partial charge in [0.2, 0.25) is 15.9 Å². The van der Waals surface area contributed by atoms with Crippen LogP contribution in [0, 0.1) is 5.92 Å². The van der Waals surface area contributed by atoms with Crippen molar-refractivity contribution in [2.75, 3.05) is 45.2 Å². The van der Waals surface area contributed by atoms with Crippen LogP contribution in [0.1, 0.15) is 32.1 Å². The summed E-state index contributed by atoms with van der Waals surface area (Å²) in [7, 11) is 0.285. The minimum atomic E-state index is -3.63. The fourth-order valence-corrected chi connectivity index (χ4v) is 6.40. The first kappa shape index (κ1) is 21.1. The molecule has 0 unspecified atom stereocenters. The van der Waals surface area contributed by atoms with Gasteiger partial charge in [-0.25, -0.2) is 8.42 Å². The molecule has 1 amide bonds. The Labute approximate surface area is 179 Å². The number of fused-ring (bicyclic) bond motifs is 1. The van der Waals surface area contributed by atoms with Crippen molar-refractivity contribution in [2.24, 2.45) is 5.92 Å². The number of piperazine rings is 1. The zero-order chi connectivity index (χ0) is 21.3. The highest BCUT2D eigenvalue weighted by Gasteiger charge is 2.33. The van der Waals surface area contributed by atoms with Crippen molar-refractivity contribution in [1.82, 2.24) is 9.21 Å². The van der Waals surface area contributed by atoms with E-state index in [1.165, 1.54) is 10.7 Å². The maximum Gasteiger partial charge on any atom is 0.243 e. The molecule has 0 radical (unpaired) electrons. The predicted molar refractivity (Wildman–Crippen MR) is 120 cm³/mol. The summed E-state index contributed by atoms with van der Waals surface area (Å²) >= 11 is 0. The fourth-order valence-electron chi connectivity index (χ4n) is 4.78. The number of sulfonamides is 1. The first-order valence-corrected chi connectivity index (χ1v) is 12.3. The van der Waals surface area contributed by atoms with Crippen molar-refractivity contribution in [3.63, 3.8) is 0 Å². The van der Waals surface area contributed by atoms with E-state index in [4.69, 9.17) is 0 Å². The largest absolute Gasteiger partial charge is 0.377 e. The zero-order valence-corrected chi connectivity index (χ0v) is 18.7. The summed E-state index contributed by atoms with van der Waals surface area (Å²) < 4.78 is 28.5. The van der Waals surface area contributed by atoms with Crippen molar-refractivity contribution in [3.8, 4) is 0 Å². The highest BCUT2D eigenvalue weighted by molar-refractivity contribution is 7.89. The van der Waals surface area contributed by atoms with Crippen LogP contribution in [-0.2, 0) is 14.8 Å². The molecule has 6 nitrogen and oxygen atoms in total. The molecule has 2 aromatic carbocycles. The summed E-state index contributed by atoms with van der Waals surface area (Å²) in [5.41, 5.74) is 0.993. The van der Waals surface area contributed by atoms with E-state index >= 15 is 0 Å². The van der Waals surface area contributed by atoms with Crippen LogP contribution in [0.5, 0.6) is 0 Å². The summed E-state index contributed by atoms with van der Waals surface area (Å²) in [6.45, 7) is 1.65. The van der Waals surface area contributed by atoms with Crippen LogP contribution in [0.25, 0.3) is 10.8 Å². The molecule has 1 saturated heterocycles. The lowest BCUT2D eigenvalue weighted by Crippen LogP contribution is -2.52. The average molecular weight is 430 g/mol. The van der Waals surface area contributed by atoms with Crippen LogP contribution in [0.2, 0.25) is 0 Å². The van der Waals surface area contributed by atoms with Crippen molar-refractivity contribution in [3.05, 3.63) is 36.4 Å². The second kappa shape index (κ2) is 8.55. The van der Waals surface area contributed by atoms with Gasteiger partial charge in [0.05, 0.1) is 4.90 Å². The summed E-state index contributed by atoms with van der Waals surface area (Å²) in [5, 5.41) is 1.67. The maximum absolute atomic E-state index is 13.5. The molecule has 2 fully saturated rings. The van der Waals surface area contributed by atoms with Gasteiger partial charge in [-0.3, -0.25) is 4.79 Å². The molecule has 4 rings (SSSR count). The van der Waals surface area contributed by atoms with E-state index in [2.05, 4.69) is 0 Å². The molecular weight excluding hydrogens is 398 g/mol. The van der Waals surface area contributed by atoms with E-state index in [1.807, 2.05) is 54.2 Å². The van der Waals surface area contributed by atoms with Gasteiger partial charge >= 0.3 is 0 Å². The molecule has 0 atom stereocenters. The quantitative estimate of drug-likeness (QED) is 0.748. The average Bonchev–Trinajstić information content (AvgIpc) is 2.78. The summed E-state index contributed by atoms with van der Waals surface area (Å²) in [6.07, 6.45) is 5.42. The monoisotopic (exact) mass is 429 g/mol. The van der Waals surface area contributed by atoms with Crippen molar-refractivity contribution < 1.29 is 13.2 Å². The highest BCUT2D eigenvalue weighted by Crippen LogP contribution is 2.32. The molecule has 162 valence electrons. The minimum Gasteiger partial charge on any atom is -0.377 e. The van der Waals surface area contributed by atoms with Gasteiger partial charge in [-0.2, -0.15) is 4.31 Å². The third-order valence-electron chi connectivity index (χ3n) is 6.46. The molecule has 2 aromatic rings. The molecule has 0 N–H and O–H groups in total. The third-order valence-corrected chi connectivity index (χ3v) is 8.42. The lowest BCUT2D eigenvalue weighted by Gasteiger charge is -2.36. The molecule has 0 aromatic heterocycles. The van der Waals surface area contributed by atoms with Gasteiger partial charge in [-0.05, 0) is 25.0 Å². The van der Waals surface area contributed by atoms with Crippen LogP contribution in [-0.4, -0.2) is 63.8 Å². The number of benzene rings is 2. The molecule has 2 aliphatic rings. The van der Waals surface area contributed by atoms with Crippen LogP contribution in [0.4, 0.5) is 5.69 Å². The van der Waals surface area contributed by atoms with E-state index in [0.29, 0.717) is 31.1 Å². The van der Waals surface area contributed by atoms with Gasteiger partial charge in [0.1, 0.15) is 0 Å². The molecule has 1 aliphatic carbocycles. The standard InChI is InChI=1S/C23H31N3O3S/c1-24(2)21-12-6-11-20-19(21)10-7-13-22(20)30(28,29)26-16-14-25(15-17-26)23(27)18-8-4-3-5-9-18/h6-7,10-13,18H,3-5,8-9,14-17H2,1-2H3. The van der Waals surface area contributed by atoms with Crippen LogP contribution in [0.15, 0.2) is 41.3 Å². The molecule has 1 heterocycles. The van der Waals surface area contributed by atoms with Gasteiger partial charge in [0.25, 0.3) is 0 Å². The number of rotatable bonds is 4. The summed E-state index contributed by atoms with van der Waals surface area (Å²) in [5.74, 6) is 0.344. The van der Waals surface area contributed by atoms with Crippen molar-refractivity contribution in [2.45, 2.75) is 37.0 Å². The minimum absolute atomic E-state index is 0.129. The fraction of sp³-hybridized carbons (Fsp3) is 0.522. The number of anilines is 1. The smallest absolute Gasteiger partial charge is 0.243 e. The second-order valence-electron chi connectivity index (χ2n) is 8.59. The van der Waals surface area contributed by atoms with E-state index < -0.39 is 10.0 Å². The highest BCUT2D eigenvalue weighted by atomic mass is 32.2. The maximum atomic E-state index is 13.5. The summed E-state index contributed by atoms with van der Waals surface area (Å²) in [6, 6.07) is 11.2. The molecule has 30 heavy (non-hydrogen) atoms. The lowest BCUT2D eigenvalue weighted by molar-refractivity contribution is -0.137. The molecular formula is C23H31N3O3S. The Morgan fingerprint density at radius 1 is 0.900 bits per heavy atom. The topological polar surface area (TPSA) is 60.9 Å². The summed E-state index contributed by atoms with van der Waals surface area (Å²) in [4.78, 5) is 17.0. The second-order valence-corrected chi connectivity index (χ2v) is 10.5. The predicted octanol–water partition coefficient (Wildman–Crippen LogP) is 3.32. The molecule has 7 heteroatoms. The zero-order valence-electron chi connectivity index (χ0n) is 17.9. The van der Waals surface area contributed by atoms with Crippen LogP contribution in [0.3, 0.4) is 0 Å². The Kier molecular flexibility index (Phi) is 6.02. The molecule has 0 spiro atoms. The third kappa shape index (κ3) is 3.93. The molecule has 0 bridgehead atoms. The normalized spacial score (nSPS) is 19.2. The van der Waals surface area contributed by atoms with E-state index in [9.17, 15) is 13.2 Å². The van der Waals surface area contributed by atoms with Crippen LogP contribution < -0.4 is 4.90 Å². The van der Waals surface area contributed by atoms with Crippen molar-refractivity contribution in [1.29, 1.82) is 0 Å². The van der Waals surface area contributed by atoms with Crippen molar-refractivity contribution >= 4 is 32.4 Å². The SMILES string of the molecule is CN(C)c1cccc2c(S(=O)(=O)N3CCN(C(=O)C4CCCCC4)CC3)cccc12. The van der Waals surface area contributed by atoms with E-state index in [1.54, 1.807) is 6.07 Å². The van der Waals surface area contributed by atoms with Crippen LogP contribution >= 0.6 is 0 Å². The number of hydrogen-bond donors (Lipinski definition) is 0. The Morgan fingerprint density at radius 3 is 2.20 bits per heavy atom. The van der Waals surface area contributed by atoms with E-state index in [0.717, 1.165) is 42.1 Å². The van der Waals surface area contributed by atoms with Gasteiger partial charge < -0.3 is 9.80 Å². The first-order valence-electron chi connectivity index (χ1n) is 10.9. The number of carbonyl (C=O) groups excluding carboxylic acids is 1. The van der Waals surface area contributed by atoms with E-state index in [-0.39, 0.29) is 11.8 Å². The Morgan fingerprint density at radius 2 is 1.53 bits per heavy atom. The number of hydrogen-bond acceptors (Lipinski definition) is 4. The number of carbonyl (C=O) groups is 1. The Hall–Kier alpha value is -2.12. The lowest BCUT2D eigenvalue weighted by atomic mass is 9.88. The van der Waals surface area contributed by atoms with Gasteiger partial charge in [-0.1, -0.05) is 43.5 Å². The Bertz CT molecular complexity index is 1020. The molecule has 1 saturated carbocycles.